The fourth-order valence-electron chi connectivity index (χ4n) is 3.04. The molecule has 0 aromatic heterocycles. The molecule has 126 valence electrons. The maximum atomic E-state index is 12.6. The summed E-state index contributed by atoms with van der Waals surface area (Å²) in [5.41, 5.74) is 4.73. The Kier molecular flexibility index (Phi) is 4.71. The van der Waals surface area contributed by atoms with Gasteiger partial charge in [0, 0.05) is 5.56 Å². The van der Waals surface area contributed by atoms with Crippen molar-refractivity contribution >= 4 is 15.7 Å². The molecule has 2 aromatic carbocycles. The molecule has 0 bridgehead atoms. The minimum atomic E-state index is -3.66. The number of hydrogen-bond acceptors (Lipinski definition) is 3. The van der Waals surface area contributed by atoms with E-state index in [9.17, 15) is 8.42 Å². The summed E-state index contributed by atoms with van der Waals surface area (Å²) in [7, 11) is -3.66. The van der Waals surface area contributed by atoms with Crippen LogP contribution in [0.4, 0.5) is 0 Å². The van der Waals surface area contributed by atoms with Crippen LogP contribution in [0.2, 0.25) is 0 Å². The predicted octanol–water partition coefficient (Wildman–Crippen LogP) is 3.71. The van der Waals surface area contributed by atoms with Gasteiger partial charge in [0.1, 0.15) is 0 Å². The average molecular weight is 342 g/mol. The van der Waals surface area contributed by atoms with Gasteiger partial charge in [0.2, 0.25) is 0 Å². The average Bonchev–Trinajstić information content (AvgIpc) is 2.77. The van der Waals surface area contributed by atoms with E-state index in [1.165, 1.54) is 5.56 Å². The summed E-state index contributed by atoms with van der Waals surface area (Å²) in [5.74, 6) is 0. The lowest BCUT2D eigenvalue weighted by molar-refractivity contribution is 0.583. The van der Waals surface area contributed by atoms with Gasteiger partial charge in [-0.15, -0.1) is 0 Å². The largest absolute Gasteiger partial charge is 0.276 e. The summed E-state index contributed by atoms with van der Waals surface area (Å²) in [6.45, 7) is 3.67. The topological polar surface area (TPSA) is 58.5 Å². The van der Waals surface area contributed by atoms with E-state index in [0.29, 0.717) is 0 Å². The van der Waals surface area contributed by atoms with Crippen LogP contribution >= 0.6 is 0 Å². The van der Waals surface area contributed by atoms with Crippen LogP contribution in [0.3, 0.4) is 0 Å². The van der Waals surface area contributed by atoms with E-state index in [4.69, 9.17) is 0 Å². The van der Waals surface area contributed by atoms with E-state index in [-0.39, 0.29) is 4.90 Å². The van der Waals surface area contributed by atoms with Crippen molar-refractivity contribution in [1.82, 2.24) is 4.83 Å². The normalized spacial score (nSPS) is 16.5. The summed E-state index contributed by atoms with van der Waals surface area (Å²) >= 11 is 0. The van der Waals surface area contributed by atoms with Gasteiger partial charge in [-0.25, -0.2) is 0 Å². The maximum absolute atomic E-state index is 12.6. The van der Waals surface area contributed by atoms with Crippen LogP contribution in [-0.2, 0) is 16.4 Å². The van der Waals surface area contributed by atoms with Crippen LogP contribution in [0.15, 0.2) is 52.5 Å². The Balaban J connectivity index is 1.94. The zero-order chi connectivity index (χ0) is 17.2. The molecular formula is C19H22N2O2S. The van der Waals surface area contributed by atoms with E-state index in [1.807, 2.05) is 37.3 Å². The quantitative estimate of drug-likeness (QED) is 0.683. The molecule has 2 aromatic rings. The standard InChI is InChI=1S/C19H22N2O2S/c1-14-11-12-15(2)19(13-14)24(22,23)21-20-18-10-6-4-8-16-7-3-5-9-17(16)18/h3,5,7,9,11-13,21H,4,6,8,10H2,1-2H3/b20-18+. The molecule has 0 spiro atoms. The van der Waals surface area contributed by atoms with Gasteiger partial charge in [0.15, 0.2) is 0 Å². The lowest BCUT2D eigenvalue weighted by Crippen LogP contribution is -2.21. The lowest BCUT2D eigenvalue weighted by Gasteiger charge is -2.11. The Morgan fingerprint density at radius 3 is 2.58 bits per heavy atom. The number of hydrazone groups is 1. The smallest absolute Gasteiger partial charge is 0.200 e. The first-order valence-electron chi connectivity index (χ1n) is 8.21. The van der Waals surface area contributed by atoms with E-state index >= 15 is 0 Å². The van der Waals surface area contributed by atoms with Crippen LogP contribution < -0.4 is 4.83 Å². The van der Waals surface area contributed by atoms with Crippen molar-refractivity contribution in [2.45, 2.75) is 44.4 Å². The van der Waals surface area contributed by atoms with E-state index in [2.05, 4.69) is 16.0 Å². The number of benzene rings is 2. The van der Waals surface area contributed by atoms with Gasteiger partial charge in [0.05, 0.1) is 10.6 Å². The van der Waals surface area contributed by atoms with Crippen molar-refractivity contribution in [2.24, 2.45) is 5.10 Å². The molecule has 0 saturated heterocycles. The number of nitrogens with zero attached hydrogens (tertiary/aromatic N) is 1. The maximum Gasteiger partial charge on any atom is 0.276 e. The van der Waals surface area contributed by atoms with E-state index in [0.717, 1.165) is 48.1 Å². The van der Waals surface area contributed by atoms with Crippen LogP contribution in [-0.4, -0.2) is 14.1 Å². The number of aryl methyl sites for hydroxylation is 3. The first kappa shape index (κ1) is 16.7. The van der Waals surface area contributed by atoms with E-state index < -0.39 is 10.0 Å². The molecule has 1 N–H and O–H groups in total. The molecule has 3 rings (SSSR count). The molecule has 1 aliphatic rings. The third-order valence-corrected chi connectivity index (χ3v) is 5.72. The number of nitrogens with one attached hydrogen (secondary N) is 1. The van der Waals surface area contributed by atoms with Crippen LogP contribution in [0.25, 0.3) is 0 Å². The molecule has 0 fully saturated rings. The van der Waals surface area contributed by atoms with Gasteiger partial charge >= 0.3 is 0 Å². The minimum Gasteiger partial charge on any atom is -0.200 e. The Hall–Kier alpha value is -2.14. The summed E-state index contributed by atoms with van der Waals surface area (Å²) in [5, 5.41) is 4.28. The molecule has 0 amide bonds. The number of fused-ring (bicyclic) bond motifs is 1. The van der Waals surface area contributed by atoms with Crippen molar-refractivity contribution in [3.8, 4) is 0 Å². The highest BCUT2D eigenvalue weighted by atomic mass is 32.2. The second-order valence-electron chi connectivity index (χ2n) is 6.29. The highest BCUT2D eigenvalue weighted by Gasteiger charge is 2.18. The highest BCUT2D eigenvalue weighted by Crippen LogP contribution is 2.21. The first-order chi connectivity index (χ1) is 11.5. The SMILES string of the molecule is Cc1ccc(C)c(S(=O)(=O)N/N=C2\CCCCc3ccccc32)c1. The monoisotopic (exact) mass is 342 g/mol. The Morgan fingerprint density at radius 2 is 1.75 bits per heavy atom. The molecule has 4 nitrogen and oxygen atoms in total. The summed E-state index contributed by atoms with van der Waals surface area (Å²) < 4.78 is 25.3. The fraction of sp³-hybridized carbons (Fsp3) is 0.316. The first-order valence-corrected chi connectivity index (χ1v) is 9.69. The molecule has 5 heteroatoms. The van der Waals surface area contributed by atoms with Gasteiger partial charge in [-0.05, 0) is 62.3 Å². The predicted molar refractivity (Wildman–Crippen MR) is 96.8 cm³/mol. The fourth-order valence-corrected chi connectivity index (χ4v) is 4.20. The zero-order valence-corrected chi connectivity index (χ0v) is 14.9. The molecule has 0 aliphatic heterocycles. The Morgan fingerprint density at radius 1 is 1.00 bits per heavy atom. The summed E-state index contributed by atoms with van der Waals surface area (Å²) in [6.07, 6.45) is 3.91. The van der Waals surface area contributed by atoms with Gasteiger partial charge in [-0.1, -0.05) is 36.4 Å². The molecule has 24 heavy (non-hydrogen) atoms. The summed E-state index contributed by atoms with van der Waals surface area (Å²) in [6, 6.07) is 13.5. The molecule has 0 unspecified atom stereocenters. The molecule has 0 atom stereocenters. The molecule has 0 radical (unpaired) electrons. The lowest BCUT2D eigenvalue weighted by atomic mass is 10.0. The number of hydrogen-bond donors (Lipinski definition) is 1. The zero-order valence-electron chi connectivity index (χ0n) is 14.0. The van der Waals surface area contributed by atoms with Crippen LogP contribution in [0.5, 0.6) is 0 Å². The highest BCUT2D eigenvalue weighted by molar-refractivity contribution is 7.89. The van der Waals surface area contributed by atoms with Crippen molar-refractivity contribution in [1.29, 1.82) is 0 Å². The van der Waals surface area contributed by atoms with Gasteiger partial charge in [-0.3, -0.25) is 0 Å². The molecule has 0 saturated carbocycles. The molecular weight excluding hydrogens is 320 g/mol. The van der Waals surface area contributed by atoms with Crippen LogP contribution in [0.1, 0.15) is 41.5 Å². The second kappa shape index (κ2) is 6.77. The third kappa shape index (κ3) is 3.51. The van der Waals surface area contributed by atoms with Crippen LogP contribution in [0, 0.1) is 13.8 Å². The number of rotatable bonds is 3. The van der Waals surface area contributed by atoms with Crippen molar-refractivity contribution < 1.29 is 8.42 Å². The van der Waals surface area contributed by atoms with E-state index in [1.54, 1.807) is 13.0 Å². The molecule has 0 heterocycles. The van der Waals surface area contributed by atoms with Crippen molar-refractivity contribution in [3.05, 3.63) is 64.7 Å². The second-order valence-corrected chi connectivity index (χ2v) is 7.92. The van der Waals surface area contributed by atoms with Crippen molar-refractivity contribution in [2.75, 3.05) is 0 Å². The molecule has 1 aliphatic carbocycles. The Bertz CT molecular complexity index is 886. The Labute approximate surface area is 143 Å². The number of sulfonamides is 1. The van der Waals surface area contributed by atoms with Gasteiger partial charge < -0.3 is 0 Å². The van der Waals surface area contributed by atoms with Gasteiger partial charge in [0.25, 0.3) is 10.0 Å². The third-order valence-electron chi connectivity index (χ3n) is 4.37. The summed E-state index contributed by atoms with van der Waals surface area (Å²) in [4.78, 5) is 2.73. The van der Waals surface area contributed by atoms with Gasteiger partial charge in [-0.2, -0.15) is 18.4 Å². The minimum absolute atomic E-state index is 0.286. The van der Waals surface area contributed by atoms with Crippen molar-refractivity contribution in [3.63, 3.8) is 0 Å².